The van der Waals surface area contributed by atoms with E-state index in [0.29, 0.717) is 9.75 Å². The minimum absolute atomic E-state index is 0.129. The zero-order valence-electron chi connectivity index (χ0n) is 5.37. The van der Waals surface area contributed by atoms with Crippen LogP contribution in [0.25, 0.3) is 0 Å². The normalized spacial score (nSPS) is 9.40. The summed E-state index contributed by atoms with van der Waals surface area (Å²) in [6.45, 7) is 0. The number of rotatable bonds is 1. The second-order valence-electron chi connectivity index (χ2n) is 1.69. The zero-order valence-corrected chi connectivity index (χ0v) is 6.13. The lowest BCUT2D eigenvalue weighted by molar-refractivity contribution is -0.612. The summed E-state index contributed by atoms with van der Waals surface area (Å²) in [5.41, 5.74) is 0. The molecular formula is C6H6ClNO2. The van der Waals surface area contributed by atoms with Crippen LogP contribution in [0.15, 0.2) is 18.3 Å². The van der Waals surface area contributed by atoms with Crippen LogP contribution in [0.3, 0.4) is 0 Å². The average Bonchev–Trinajstić information content (AvgIpc) is 1.88. The van der Waals surface area contributed by atoms with E-state index in [1.165, 1.54) is 13.3 Å². The summed E-state index contributed by atoms with van der Waals surface area (Å²) in [4.78, 5) is 0. The Hall–Kier alpha value is -0.960. The molecule has 10 heavy (non-hydrogen) atoms. The Labute approximate surface area is 63.4 Å². The highest BCUT2D eigenvalue weighted by molar-refractivity contribution is 6.31. The monoisotopic (exact) mass is 159 g/mol. The van der Waals surface area contributed by atoms with Gasteiger partial charge in [0.15, 0.2) is 11.2 Å². The molecule has 1 heterocycles. The number of pyridine rings is 1. The van der Waals surface area contributed by atoms with Gasteiger partial charge in [-0.15, -0.1) is 4.73 Å². The standard InChI is InChI=1S/C6H6ClNO2/c1-10-6-5(7)3-2-4-8(6)9/h2-4H,1H3. The molecule has 1 aromatic heterocycles. The van der Waals surface area contributed by atoms with E-state index in [-0.39, 0.29) is 5.88 Å². The Balaban J connectivity index is 3.17. The molecule has 0 amide bonds. The molecule has 0 saturated carbocycles. The number of halogens is 1. The highest BCUT2D eigenvalue weighted by atomic mass is 35.5. The molecule has 0 fully saturated rings. The molecule has 54 valence electrons. The summed E-state index contributed by atoms with van der Waals surface area (Å²) < 4.78 is 5.27. The first-order chi connectivity index (χ1) is 4.75. The van der Waals surface area contributed by atoms with Crippen LogP contribution in [0.5, 0.6) is 5.88 Å². The Morgan fingerprint density at radius 3 is 2.80 bits per heavy atom. The van der Waals surface area contributed by atoms with Crippen molar-refractivity contribution in [2.24, 2.45) is 0 Å². The van der Waals surface area contributed by atoms with Gasteiger partial charge in [-0.05, 0) is 6.07 Å². The summed E-state index contributed by atoms with van der Waals surface area (Å²) in [6.07, 6.45) is 1.32. The lowest BCUT2D eigenvalue weighted by Gasteiger charge is -2.01. The fraction of sp³-hybridized carbons (Fsp3) is 0.167. The van der Waals surface area contributed by atoms with Crippen molar-refractivity contribution >= 4 is 11.6 Å². The van der Waals surface area contributed by atoms with Gasteiger partial charge in [0.25, 0.3) is 0 Å². The number of ether oxygens (including phenoxy) is 1. The van der Waals surface area contributed by atoms with Gasteiger partial charge in [0.05, 0.1) is 7.11 Å². The Kier molecular flexibility index (Phi) is 1.97. The molecule has 4 heteroatoms. The minimum atomic E-state index is 0.129. The highest BCUT2D eigenvalue weighted by Gasteiger charge is 2.08. The fourth-order valence-electron chi connectivity index (χ4n) is 0.637. The van der Waals surface area contributed by atoms with Gasteiger partial charge in [-0.2, -0.15) is 0 Å². The SMILES string of the molecule is COc1c(Cl)ccc[n+]1[O-]. The molecule has 0 saturated heterocycles. The summed E-state index contributed by atoms with van der Waals surface area (Å²) in [5, 5.41) is 11.1. The Bertz CT molecular complexity index is 219. The summed E-state index contributed by atoms with van der Waals surface area (Å²) in [5.74, 6) is 0.129. The Morgan fingerprint density at radius 2 is 2.40 bits per heavy atom. The second kappa shape index (κ2) is 2.75. The number of hydrogen-bond donors (Lipinski definition) is 0. The van der Waals surface area contributed by atoms with Crippen LogP contribution >= 0.6 is 11.6 Å². The maximum Gasteiger partial charge on any atom is 0.398 e. The molecule has 0 unspecified atom stereocenters. The molecule has 0 aliphatic heterocycles. The Morgan fingerprint density at radius 1 is 1.70 bits per heavy atom. The molecule has 0 aromatic carbocycles. The van der Waals surface area contributed by atoms with Crippen LogP contribution in [-0.4, -0.2) is 7.11 Å². The van der Waals surface area contributed by atoms with Gasteiger partial charge in [-0.3, -0.25) is 0 Å². The third-order valence-corrected chi connectivity index (χ3v) is 1.35. The molecule has 0 bridgehead atoms. The fourth-order valence-corrected chi connectivity index (χ4v) is 0.871. The summed E-state index contributed by atoms with van der Waals surface area (Å²) >= 11 is 5.58. The van der Waals surface area contributed by atoms with Crippen LogP contribution < -0.4 is 9.47 Å². The maximum absolute atomic E-state index is 10.8. The average molecular weight is 160 g/mol. The molecule has 3 nitrogen and oxygen atoms in total. The third-order valence-electron chi connectivity index (χ3n) is 1.06. The lowest BCUT2D eigenvalue weighted by atomic mass is 10.5. The molecule has 0 aliphatic carbocycles. The number of nitrogens with zero attached hydrogens (tertiary/aromatic N) is 1. The molecule has 0 atom stereocenters. The van der Waals surface area contributed by atoms with E-state index in [0.717, 1.165) is 0 Å². The topological polar surface area (TPSA) is 36.2 Å². The van der Waals surface area contributed by atoms with Gasteiger partial charge >= 0.3 is 5.88 Å². The molecule has 0 N–H and O–H groups in total. The summed E-state index contributed by atoms with van der Waals surface area (Å²) in [7, 11) is 1.40. The summed E-state index contributed by atoms with van der Waals surface area (Å²) in [6, 6.07) is 3.15. The van der Waals surface area contributed by atoms with E-state index in [2.05, 4.69) is 0 Å². The van der Waals surface area contributed by atoms with Crippen molar-refractivity contribution in [3.8, 4) is 5.88 Å². The van der Waals surface area contributed by atoms with Crippen LogP contribution in [0, 0.1) is 5.21 Å². The lowest BCUT2D eigenvalue weighted by Crippen LogP contribution is -2.27. The first-order valence-electron chi connectivity index (χ1n) is 2.67. The van der Waals surface area contributed by atoms with Gasteiger partial charge in [0, 0.05) is 6.07 Å². The van der Waals surface area contributed by atoms with E-state index in [9.17, 15) is 5.21 Å². The molecule has 0 aliphatic rings. The highest BCUT2D eigenvalue weighted by Crippen LogP contribution is 2.16. The van der Waals surface area contributed by atoms with Crippen molar-refractivity contribution in [1.82, 2.24) is 0 Å². The van der Waals surface area contributed by atoms with Gasteiger partial charge in [0.2, 0.25) is 0 Å². The van der Waals surface area contributed by atoms with E-state index in [1.54, 1.807) is 12.1 Å². The molecule has 1 rings (SSSR count). The van der Waals surface area contributed by atoms with Crippen LogP contribution in [0.4, 0.5) is 0 Å². The second-order valence-corrected chi connectivity index (χ2v) is 2.10. The third kappa shape index (κ3) is 1.14. The van der Waals surface area contributed by atoms with Crippen LogP contribution in [0.2, 0.25) is 5.02 Å². The molecule has 0 radical (unpaired) electrons. The van der Waals surface area contributed by atoms with Crippen molar-refractivity contribution < 1.29 is 9.47 Å². The van der Waals surface area contributed by atoms with Gasteiger partial charge < -0.3 is 9.94 Å². The van der Waals surface area contributed by atoms with Crippen molar-refractivity contribution in [3.05, 3.63) is 28.6 Å². The van der Waals surface area contributed by atoms with E-state index in [4.69, 9.17) is 16.3 Å². The minimum Gasteiger partial charge on any atom is -0.616 e. The van der Waals surface area contributed by atoms with Crippen LogP contribution in [0.1, 0.15) is 0 Å². The van der Waals surface area contributed by atoms with E-state index < -0.39 is 0 Å². The van der Waals surface area contributed by atoms with E-state index >= 15 is 0 Å². The predicted octanol–water partition coefficient (Wildman–Crippen LogP) is 0.982. The molecule has 0 spiro atoms. The van der Waals surface area contributed by atoms with Gasteiger partial charge in [-0.1, -0.05) is 11.6 Å². The molecule has 1 aromatic rings. The smallest absolute Gasteiger partial charge is 0.398 e. The van der Waals surface area contributed by atoms with Gasteiger partial charge in [-0.25, -0.2) is 0 Å². The molecular weight excluding hydrogens is 154 g/mol. The van der Waals surface area contributed by atoms with Crippen molar-refractivity contribution in [2.75, 3.05) is 7.11 Å². The number of methoxy groups -OCH3 is 1. The van der Waals surface area contributed by atoms with Crippen molar-refractivity contribution in [3.63, 3.8) is 0 Å². The first-order valence-corrected chi connectivity index (χ1v) is 3.05. The van der Waals surface area contributed by atoms with E-state index in [1.807, 2.05) is 0 Å². The quantitative estimate of drug-likeness (QED) is 0.453. The maximum atomic E-state index is 10.8. The predicted molar refractivity (Wildman–Crippen MR) is 37.0 cm³/mol. The largest absolute Gasteiger partial charge is 0.616 e. The zero-order chi connectivity index (χ0) is 7.56. The van der Waals surface area contributed by atoms with Crippen molar-refractivity contribution in [2.45, 2.75) is 0 Å². The first kappa shape index (κ1) is 7.15. The van der Waals surface area contributed by atoms with Crippen molar-refractivity contribution in [1.29, 1.82) is 0 Å². The van der Waals surface area contributed by atoms with Crippen LogP contribution in [-0.2, 0) is 0 Å². The number of hydrogen-bond acceptors (Lipinski definition) is 2. The van der Waals surface area contributed by atoms with Gasteiger partial charge in [0.1, 0.15) is 0 Å². The number of aromatic nitrogens is 1.